The van der Waals surface area contributed by atoms with Crippen LogP contribution in [0, 0.1) is 13.8 Å². The fourth-order valence-electron chi connectivity index (χ4n) is 3.31. The molecule has 2 heterocycles. The number of piperazine rings is 1. The maximum absolute atomic E-state index is 12.9. The predicted octanol–water partition coefficient (Wildman–Crippen LogP) is 3.01. The third kappa shape index (κ3) is 3.82. The first-order chi connectivity index (χ1) is 11.1. The summed E-state index contributed by atoms with van der Waals surface area (Å²) in [6.07, 6.45) is 0. The van der Waals surface area contributed by atoms with E-state index >= 15 is 0 Å². The number of halogens is 1. The van der Waals surface area contributed by atoms with Crippen LogP contribution in [-0.2, 0) is 6.54 Å². The Labute approximate surface area is 150 Å². The molecular formula is C19H26ClN3O. The first kappa shape index (κ1) is 18.6. The van der Waals surface area contributed by atoms with E-state index in [0.29, 0.717) is 6.04 Å². The van der Waals surface area contributed by atoms with Gasteiger partial charge in [-0.15, -0.1) is 12.4 Å². The van der Waals surface area contributed by atoms with Gasteiger partial charge >= 0.3 is 0 Å². The Morgan fingerprint density at radius 2 is 1.96 bits per heavy atom. The molecule has 1 aliphatic heterocycles. The molecule has 1 aromatic carbocycles. The van der Waals surface area contributed by atoms with Gasteiger partial charge in [-0.2, -0.15) is 0 Å². The first-order valence-electron chi connectivity index (χ1n) is 8.29. The van der Waals surface area contributed by atoms with Crippen LogP contribution in [0.5, 0.6) is 0 Å². The molecule has 1 saturated heterocycles. The zero-order valence-corrected chi connectivity index (χ0v) is 15.4. The molecule has 1 N–H and O–H groups in total. The second-order valence-corrected chi connectivity index (χ2v) is 6.46. The molecule has 2 aromatic rings. The molecule has 1 unspecified atom stereocenters. The number of rotatable bonds is 3. The van der Waals surface area contributed by atoms with Crippen molar-refractivity contribution in [2.75, 3.05) is 19.6 Å². The maximum Gasteiger partial charge on any atom is 0.255 e. The minimum absolute atomic E-state index is 0. The Balaban J connectivity index is 0.00000208. The van der Waals surface area contributed by atoms with Crippen molar-refractivity contribution in [2.45, 2.75) is 33.4 Å². The van der Waals surface area contributed by atoms with Crippen molar-refractivity contribution in [1.82, 2.24) is 14.8 Å². The molecule has 3 rings (SSSR count). The number of nitrogens with one attached hydrogen (secondary N) is 1. The van der Waals surface area contributed by atoms with E-state index in [1.54, 1.807) is 0 Å². The maximum atomic E-state index is 12.9. The minimum atomic E-state index is 0. The standard InChI is InChI=1S/C19H25N3O.ClH/c1-14-12-21(10-9-20-14)19(23)18-11-15(2)22(16(18)3)13-17-7-5-4-6-8-17;/h4-8,11,14,20H,9-10,12-13H2,1-3H3;1H. The highest BCUT2D eigenvalue weighted by Gasteiger charge is 2.24. The molecule has 24 heavy (non-hydrogen) atoms. The van der Waals surface area contributed by atoms with Crippen LogP contribution in [0.2, 0.25) is 0 Å². The lowest BCUT2D eigenvalue weighted by molar-refractivity contribution is 0.0708. The smallest absolute Gasteiger partial charge is 0.255 e. The topological polar surface area (TPSA) is 37.3 Å². The summed E-state index contributed by atoms with van der Waals surface area (Å²) in [4.78, 5) is 14.8. The van der Waals surface area contributed by atoms with E-state index in [4.69, 9.17) is 0 Å². The molecule has 0 aliphatic carbocycles. The number of hydrogen-bond donors (Lipinski definition) is 1. The van der Waals surface area contributed by atoms with Crippen LogP contribution in [0.15, 0.2) is 36.4 Å². The minimum Gasteiger partial charge on any atom is -0.344 e. The SMILES string of the molecule is Cc1cc(C(=O)N2CCNC(C)C2)c(C)n1Cc1ccccc1.Cl. The van der Waals surface area contributed by atoms with Gasteiger partial charge < -0.3 is 14.8 Å². The predicted molar refractivity (Wildman–Crippen MR) is 100 cm³/mol. The highest BCUT2D eigenvalue weighted by molar-refractivity contribution is 5.95. The molecule has 0 bridgehead atoms. The van der Waals surface area contributed by atoms with Crippen LogP contribution in [0.1, 0.15) is 34.2 Å². The third-order valence-electron chi connectivity index (χ3n) is 4.64. The highest BCUT2D eigenvalue weighted by atomic mass is 35.5. The van der Waals surface area contributed by atoms with Gasteiger partial charge in [0.15, 0.2) is 0 Å². The number of carbonyl (C=O) groups is 1. The molecule has 5 heteroatoms. The van der Waals surface area contributed by atoms with E-state index in [1.165, 1.54) is 5.56 Å². The van der Waals surface area contributed by atoms with Gasteiger partial charge in [0.1, 0.15) is 0 Å². The summed E-state index contributed by atoms with van der Waals surface area (Å²) < 4.78 is 2.23. The van der Waals surface area contributed by atoms with Gasteiger partial charge in [0.25, 0.3) is 5.91 Å². The van der Waals surface area contributed by atoms with Gasteiger partial charge in [0.2, 0.25) is 0 Å². The van der Waals surface area contributed by atoms with E-state index in [0.717, 1.165) is 43.1 Å². The Hall–Kier alpha value is -1.78. The number of benzene rings is 1. The summed E-state index contributed by atoms with van der Waals surface area (Å²) in [6, 6.07) is 12.8. The molecule has 0 spiro atoms. The summed E-state index contributed by atoms with van der Waals surface area (Å²) in [7, 11) is 0. The van der Waals surface area contributed by atoms with Gasteiger partial charge in [0, 0.05) is 43.6 Å². The molecule has 0 saturated carbocycles. The first-order valence-corrected chi connectivity index (χ1v) is 8.29. The lowest BCUT2D eigenvalue weighted by atomic mass is 10.1. The molecule has 130 valence electrons. The lowest BCUT2D eigenvalue weighted by Crippen LogP contribution is -2.51. The molecule has 0 radical (unpaired) electrons. The Bertz CT molecular complexity index is 696. The van der Waals surface area contributed by atoms with Crippen LogP contribution in [0.3, 0.4) is 0 Å². The number of hydrogen-bond acceptors (Lipinski definition) is 2. The van der Waals surface area contributed by atoms with Gasteiger partial charge in [0.05, 0.1) is 5.56 Å². The molecule has 1 aliphatic rings. The molecular weight excluding hydrogens is 322 g/mol. The molecule has 4 nitrogen and oxygen atoms in total. The summed E-state index contributed by atoms with van der Waals surface area (Å²) in [5.74, 6) is 0.158. The second kappa shape index (κ2) is 7.86. The Morgan fingerprint density at radius 1 is 1.25 bits per heavy atom. The molecule has 1 amide bonds. The number of nitrogens with zero attached hydrogens (tertiary/aromatic N) is 2. The van der Waals surface area contributed by atoms with E-state index in [-0.39, 0.29) is 18.3 Å². The van der Waals surface area contributed by atoms with Gasteiger partial charge in [-0.25, -0.2) is 0 Å². The number of aromatic nitrogens is 1. The van der Waals surface area contributed by atoms with Gasteiger partial charge in [-0.05, 0) is 32.4 Å². The number of aryl methyl sites for hydroxylation is 1. The van der Waals surface area contributed by atoms with E-state index in [2.05, 4.69) is 54.9 Å². The summed E-state index contributed by atoms with van der Waals surface area (Å²) >= 11 is 0. The van der Waals surface area contributed by atoms with Crippen LogP contribution < -0.4 is 5.32 Å². The van der Waals surface area contributed by atoms with Crippen molar-refractivity contribution in [3.8, 4) is 0 Å². The van der Waals surface area contributed by atoms with Crippen molar-refractivity contribution >= 4 is 18.3 Å². The second-order valence-electron chi connectivity index (χ2n) is 6.46. The van der Waals surface area contributed by atoms with Crippen molar-refractivity contribution in [1.29, 1.82) is 0 Å². The summed E-state index contributed by atoms with van der Waals surface area (Å²) in [5.41, 5.74) is 4.29. The van der Waals surface area contributed by atoms with Crippen LogP contribution in [0.25, 0.3) is 0 Å². The molecule has 1 aromatic heterocycles. The van der Waals surface area contributed by atoms with Crippen molar-refractivity contribution < 1.29 is 4.79 Å². The average Bonchev–Trinajstić information content (AvgIpc) is 2.83. The summed E-state index contributed by atoms with van der Waals surface area (Å²) in [5, 5.41) is 3.38. The van der Waals surface area contributed by atoms with Crippen molar-refractivity contribution in [2.24, 2.45) is 0 Å². The zero-order valence-electron chi connectivity index (χ0n) is 14.6. The normalized spacial score (nSPS) is 17.5. The van der Waals surface area contributed by atoms with Crippen LogP contribution in [0.4, 0.5) is 0 Å². The fourth-order valence-corrected chi connectivity index (χ4v) is 3.31. The van der Waals surface area contributed by atoms with Crippen LogP contribution in [-0.4, -0.2) is 41.1 Å². The largest absolute Gasteiger partial charge is 0.344 e. The Kier molecular flexibility index (Phi) is 6.08. The highest BCUT2D eigenvalue weighted by Crippen LogP contribution is 2.19. The quantitative estimate of drug-likeness (QED) is 0.926. The monoisotopic (exact) mass is 347 g/mol. The average molecular weight is 348 g/mol. The van der Waals surface area contributed by atoms with Gasteiger partial charge in [-0.3, -0.25) is 4.79 Å². The fraction of sp³-hybridized carbons (Fsp3) is 0.421. The van der Waals surface area contributed by atoms with Crippen molar-refractivity contribution in [3.05, 3.63) is 58.9 Å². The van der Waals surface area contributed by atoms with E-state index in [1.807, 2.05) is 17.0 Å². The van der Waals surface area contributed by atoms with Crippen molar-refractivity contribution in [3.63, 3.8) is 0 Å². The number of carbonyl (C=O) groups excluding carboxylic acids is 1. The van der Waals surface area contributed by atoms with E-state index < -0.39 is 0 Å². The zero-order chi connectivity index (χ0) is 16.4. The summed E-state index contributed by atoms with van der Waals surface area (Å²) in [6.45, 7) is 9.49. The molecule has 1 atom stereocenters. The van der Waals surface area contributed by atoms with E-state index in [9.17, 15) is 4.79 Å². The lowest BCUT2D eigenvalue weighted by Gasteiger charge is -2.32. The Morgan fingerprint density at radius 3 is 2.62 bits per heavy atom. The third-order valence-corrected chi connectivity index (χ3v) is 4.64. The number of amides is 1. The van der Waals surface area contributed by atoms with Crippen LogP contribution >= 0.6 is 12.4 Å². The van der Waals surface area contributed by atoms with Gasteiger partial charge in [-0.1, -0.05) is 30.3 Å². The molecule has 1 fully saturated rings.